The van der Waals surface area contributed by atoms with Crippen LogP contribution >= 0.6 is 11.6 Å². The van der Waals surface area contributed by atoms with Crippen molar-refractivity contribution in [3.8, 4) is 5.75 Å². The van der Waals surface area contributed by atoms with Crippen LogP contribution in [0.2, 0.25) is 5.02 Å². The van der Waals surface area contributed by atoms with Crippen LogP contribution in [0.4, 0.5) is 11.4 Å². The van der Waals surface area contributed by atoms with E-state index in [0.29, 0.717) is 34.2 Å². The van der Waals surface area contributed by atoms with Crippen LogP contribution < -0.4 is 15.8 Å². The predicted octanol–water partition coefficient (Wildman–Crippen LogP) is 4.62. The number of ether oxygens (including phenoxy) is 1. The fourth-order valence-electron chi connectivity index (χ4n) is 4.72. The van der Waals surface area contributed by atoms with Crippen LogP contribution in [0.25, 0.3) is 0 Å². The molecule has 0 spiro atoms. The van der Waals surface area contributed by atoms with Gasteiger partial charge in [0.1, 0.15) is 5.75 Å². The lowest BCUT2D eigenvalue weighted by atomic mass is 9.89. The van der Waals surface area contributed by atoms with Gasteiger partial charge in [0.2, 0.25) is 5.91 Å². The Balaban J connectivity index is 1.43. The highest BCUT2D eigenvalue weighted by Crippen LogP contribution is 2.41. The average molecular weight is 414 g/mol. The number of benzene rings is 2. The SMILES string of the molecule is COc1cc(N)c(Cl)cc1NC(=O)C1CC2CCC(C1)N2Cc1ccc(C)cc1. The number of amides is 1. The summed E-state index contributed by atoms with van der Waals surface area (Å²) in [5.41, 5.74) is 9.48. The lowest BCUT2D eigenvalue weighted by Crippen LogP contribution is -2.45. The Hall–Kier alpha value is -2.24. The van der Waals surface area contributed by atoms with Gasteiger partial charge in [0.25, 0.3) is 0 Å². The van der Waals surface area contributed by atoms with Crippen molar-refractivity contribution in [1.29, 1.82) is 0 Å². The Kier molecular flexibility index (Phi) is 5.70. The highest BCUT2D eigenvalue weighted by Gasteiger charge is 2.42. The first kappa shape index (κ1) is 20.0. The number of carbonyl (C=O) groups excluding carboxylic acids is 1. The predicted molar refractivity (Wildman–Crippen MR) is 117 cm³/mol. The number of nitrogen functional groups attached to an aromatic ring is 1. The number of hydrogen-bond donors (Lipinski definition) is 2. The highest BCUT2D eigenvalue weighted by atomic mass is 35.5. The molecule has 2 aliphatic heterocycles. The Morgan fingerprint density at radius 2 is 1.86 bits per heavy atom. The van der Waals surface area contributed by atoms with Crippen LogP contribution in [0.5, 0.6) is 5.75 Å². The van der Waals surface area contributed by atoms with Crippen LogP contribution in [-0.2, 0) is 11.3 Å². The number of methoxy groups -OCH3 is 1. The topological polar surface area (TPSA) is 67.6 Å². The van der Waals surface area contributed by atoms with E-state index in [1.54, 1.807) is 19.2 Å². The summed E-state index contributed by atoms with van der Waals surface area (Å²) in [4.78, 5) is 15.6. The van der Waals surface area contributed by atoms with E-state index in [0.717, 1.165) is 32.2 Å². The minimum atomic E-state index is 0.00259. The average Bonchev–Trinajstić information content (AvgIpc) is 2.93. The Morgan fingerprint density at radius 1 is 1.21 bits per heavy atom. The van der Waals surface area contributed by atoms with Crippen molar-refractivity contribution >= 4 is 28.9 Å². The quantitative estimate of drug-likeness (QED) is 0.702. The normalized spacial score (nSPS) is 23.8. The van der Waals surface area contributed by atoms with E-state index in [2.05, 4.69) is 41.4 Å². The van der Waals surface area contributed by atoms with Crippen molar-refractivity contribution in [1.82, 2.24) is 4.90 Å². The second kappa shape index (κ2) is 8.25. The molecule has 1 amide bonds. The number of halogens is 1. The van der Waals surface area contributed by atoms with Gasteiger partial charge in [0, 0.05) is 30.6 Å². The van der Waals surface area contributed by atoms with E-state index in [1.807, 2.05) is 0 Å². The Labute approximate surface area is 177 Å². The van der Waals surface area contributed by atoms with Crippen LogP contribution in [0, 0.1) is 12.8 Å². The largest absolute Gasteiger partial charge is 0.494 e. The van der Waals surface area contributed by atoms with Crippen molar-refractivity contribution in [2.24, 2.45) is 5.92 Å². The van der Waals surface area contributed by atoms with Gasteiger partial charge in [-0.15, -0.1) is 0 Å². The van der Waals surface area contributed by atoms with E-state index in [1.165, 1.54) is 11.1 Å². The first-order valence-electron chi connectivity index (χ1n) is 10.2. The van der Waals surface area contributed by atoms with E-state index in [9.17, 15) is 4.79 Å². The number of nitrogens with zero attached hydrogens (tertiary/aromatic N) is 1. The Morgan fingerprint density at radius 3 is 2.48 bits per heavy atom. The molecular weight excluding hydrogens is 386 g/mol. The van der Waals surface area contributed by atoms with E-state index >= 15 is 0 Å². The molecule has 0 saturated carbocycles. The number of nitrogens with one attached hydrogen (secondary N) is 1. The van der Waals surface area contributed by atoms with Gasteiger partial charge >= 0.3 is 0 Å². The minimum absolute atomic E-state index is 0.00259. The summed E-state index contributed by atoms with van der Waals surface area (Å²) >= 11 is 6.14. The van der Waals surface area contributed by atoms with Crippen molar-refractivity contribution in [2.75, 3.05) is 18.2 Å². The second-order valence-corrected chi connectivity index (χ2v) is 8.68. The van der Waals surface area contributed by atoms with Gasteiger partial charge in [0.15, 0.2) is 0 Å². The number of anilines is 2. The van der Waals surface area contributed by atoms with Crippen LogP contribution in [-0.4, -0.2) is 30.0 Å². The van der Waals surface area contributed by atoms with E-state index in [-0.39, 0.29) is 11.8 Å². The Bertz CT molecular complexity index is 886. The smallest absolute Gasteiger partial charge is 0.227 e. The van der Waals surface area contributed by atoms with Crippen molar-refractivity contribution < 1.29 is 9.53 Å². The number of hydrogen-bond acceptors (Lipinski definition) is 4. The van der Waals surface area contributed by atoms with Gasteiger partial charge in [-0.1, -0.05) is 41.4 Å². The third-order valence-corrected chi connectivity index (χ3v) is 6.64. The molecule has 4 rings (SSSR count). The molecule has 2 atom stereocenters. The number of fused-ring (bicyclic) bond motifs is 2. The standard InChI is InChI=1S/C23H28ClN3O2/c1-14-3-5-15(6-4-14)13-27-17-7-8-18(27)10-16(9-17)23(28)26-21-11-19(24)20(25)12-22(21)29-2/h3-6,11-12,16-18H,7-10,13,25H2,1-2H3,(H,26,28). The number of rotatable bonds is 5. The maximum atomic E-state index is 13.0. The maximum absolute atomic E-state index is 13.0. The fourth-order valence-corrected chi connectivity index (χ4v) is 4.88. The number of nitrogens with two attached hydrogens (primary N) is 1. The molecular formula is C23H28ClN3O2. The van der Waals surface area contributed by atoms with Crippen LogP contribution in [0.1, 0.15) is 36.8 Å². The summed E-state index contributed by atoms with van der Waals surface area (Å²) in [6, 6.07) is 13.0. The summed E-state index contributed by atoms with van der Waals surface area (Å²) in [6.45, 7) is 3.08. The lowest BCUT2D eigenvalue weighted by Gasteiger charge is -2.38. The molecule has 6 heteroatoms. The molecule has 2 fully saturated rings. The molecule has 3 N–H and O–H groups in total. The minimum Gasteiger partial charge on any atom is -0.494 e. The number of carbonyl (C=O) groups is 1. The molecule has 2 aliphatic rings. The zero-order valence-electron chi connectivity index (χ0n) is 17.0. The summed E-state index contributed by atoms with van der Waals surface area (Å²) in [5.74, 6) is 0.568. The molecule has 5 nitrogen and oxygen atoms in total. The molecule has 2 bridgehead atoms. The van der Waals surface area contributed by atoms with Crippen molar-refractivity contribution in [2.45, 2.75) is 51.2 Å². The summed E-state index contributed by atoms with van der Waals surface area (Å²) < 4.78 is 5.35. The molecule has 0 radical (unpaired) electrons. The van der Waals surface area contributed by atoms with Gasteiger partial charge in [-0.25, -0.2) is 0 Å². The monoisotopic (exact) mass is 413 g/mol. The molecule has 2 unspecified atom stereocenters. The molecule has 2 heterocycles. The van der Waals surface area contributed by atoms with Gasteiger partial charge in [0.05, 0.1) is 23.5 Å². The first-order valence-corrected chi connectivity index (χ1v) is 10.6. The molecule has 0 aromatic heterocycles. The van der Waals surface area contributed by atoms with Crippen molar-refractivity contribution in [3.63, 3.8) is 0 Å². The second-order valence-electron chi connectivity index (χ2n) is 8.27. The van der Waals surface area contributed by atoms with Gasteiger partial charge in [-0.2, -0.15) is 0 Å². The molecule has 29 heavy (non-hydrogen) atoms. The molecule has 2 saturated heterocycles. The highest BCUT2D eigenvalue weighted by molar-refractivity contribution is 6.33. The van der Waals surface area contributed by atoms with Crippen molar-refractivity contribution in [3.05, 3.63) is 52.5 Å². The summed E-state index contributed by atoms with van der Waals surface area (Å²) in [7, 11) is 1.56. The van der Waals surface area contributed by atoms with E-state index < -0.39 is 0 Å². The summed E-state index contributed by atoms with van der Waals surface area (Å²) in [6.07, 6.45) is 4.10. The first-order chi connectivity index (χ1) is 13.9. The molecule has 0 aliphatic carbocycles. The van der Waals surface area contributed by atoms with Gasteiger partial charge in [-0.05, 0) is 44.2 Å². The molecule has 2 aromatic carbocycles. The van der Waals surface area contributed by atoms with Gasteiger partial charge < -0.3 is 15.8 Å². The third-order valence-electron chi connectivity index (χ3n) is 6.32. The van der Waals surface area contributed by atoms with Crippen LogP contribution in [0.3, 0.4) is 0 Å². The van der Waals surface area contributed by atoms with Crippen LogP contribution in [0.15, 0.2) is 36.4 Å². The zero-order chi connectivity index (χ0) is 20.5. The number of piperidine rings is 1. The van der Waals surface area contributed by atoms with Gasteiger partial charge in [-0.3, -0.25) is 9.69 Å². The number of aryl methyl sites for hydroxylation is 1. The maximum Gasteiger partial charge on any atom is 0.227 e. The zero-order valence-corrected chi connectivity index (χ0v) is 17.7. The summed E-state index contributed by atoms with van der Waals surface area (Å²) in [5, 5.41) is 3.43. The fraction of sp³-hybridized carbons (Fsp3) is 0.435. The lowest BCUT2D eigenvalue weighted by molar-refractivity contribution is -0.122. The molecule has 2 aromatic rings. The molecule has 154 valence electrons. The van der Waals surface area contributed by atoms with E-state index in [4.69, 9.17) is 22.1 Å². The third kappa shape index (κ3) is 4.21.